The van der Waals surface area contributed by atoms with E-state index < -0.39 is 16.7 Å². The van der Waals surface area contributed by atoms with Crippen LogP contribution in [0.1, 0.15) is 11.1 Å². The molecule has 32 heavy (non-hydrogen) atoms. The molecule has 0 radical (unpaired) electrons. The number of nitro groups is 1. The highest BCUT2D eigenvalue weighted by molar-refractivity contribution is 6.45. The van der Waals surface area contributed by atoms with Crippen LogP contribution >= 0.6 is 0 Å². The van der Waals surface area contributed by atoms with Crippen molar-refractivity contribution in [2.75, 3.05) is 45.4 Å². The van der Waals surface area contributed by atoms with E-state index in [4.69, 9.17) is 9.47 Å². The van der Waals surface area contributed by atoms with E-state index in [1.54, 1.807) is 31.3 Å². The monoisotopic (exact) mass is 439 g/mol. The molecule has 0 spiro atoms. The third kappa shape index (κ3) is 4.53. The van der Waals surface area contributed by atoms with Crippen LogP contribution in [0, 0.1) is 17.0 Å². The van der Waals surface area contributed by atoms with E-state index in [0.717, 1.165) is 10.5 Å². The summed E-state index contributed by atoms with van der Waals surface area (Å²) >= 11 is 0. The maximum absolute atomic E-state index is 13.6. The number of hydrogen-bond donors (Lipinski definition) is 0. The van der Waals surface area contributed by atoms with Crippen molar-refractivity contribution in [2.24, 2.45) is 0 Å². The Morgan fingerprint density at radius 3 is 2.06 bits per heavy atom. The number of nitrogens with zero attached hydrogens (tertiary/aromatic N) is 3. The molecule has 0 aromatic heterocycles. The molecule has 2 amide bonds. The lowest BCUT2D eigenvalue weighted by Gasteiger charge is -2.26. The molecule has 1 aliphatic rings. The molecule has 2 aromatic carbocycles. The standard InChI is InChI=1S/C23H25N3O6/c1-16-6-4-5-7-19(16)25-22(27)20(17-8-10-18(11-9-17)26(29)30)21(23(25)28)24(12-14-31-2)13-15-32-3/h4-11H,12-15H2,1-3H3. The predicted molar refractivity (Wildman–Crippen MR) is 119 cm³/mol. The summed E-state index contributed by atoms with van der Waals surface area (Å²) in [5.74, 6) is -0.933. The number of hydrogen-bond acceptors (Lipinski definition) is 7. The molecule has 0 bridgehead atoms. The zero-order valence-electron chi connectivity index (χ0n) is 18.2. The number of ether oxygens (including phenoxy) is 2. The van der Waals surface area contributed by atoms with E-state index in [1.807, 2.05) is 19.1 Å². The number of methoxy groups -OCH3 is 2. The molecule has 1 heterocycles. The van der Waals surface area contributed by atoms with Crippen LogP contribution in [0.25, 0.3) is 5.57 Å². The van der Waals surface area contributed by atoms with E-state index in [1.165, 1.54) is 24.3 Å². The second-order valence-electron chi connectivity index (χ2n) is 7.23. The van der Waals surface area contributed by atoms with E-state index in [2.05, 4.69) is 0 Å². The van der Waals surface area contributed by atoms with Gasteiger partial charge in [-0.1, -0.05) is 18.2 Å². The molecule has 0 unspecified atom stereocenters. The van der Waals surface area contributed by atoms with Gasteiger partial charge >= 0.3 is 0 Å². The summed E-state index contributed by atoms with van der Waals surface area (Å²) in [4.78, 5) is 40.7. The first kappa shape index (κ1) is 23.1. The van der Waals surface area contributed by atoms with Crippen LogP contribution in [0.5, 0.6) is 0 Å². The first-order valence-corrected chi connectivity index (χ1v) is 10.1. The molecule has 0 atom stereocenters. The maximum Gasteiger partial charge on any atom is 0.282 e. The average molecular weight is 439 g/mol. The highest BCUT2D eigenvalue weighted by atomic mass is 16.6. The Kier molecular flexibility index (Phi) is 7.34. The van der Waals surface area contributed by atoms with Crippen molar-refractivity contribution in [1.82, 2.24) is 4.90 Å². The Hall–Kier alpha value is -3.56. The van der Waals surface area contributed by atoms with Crippen molar-refractivity contribution in [2.45, 2.75) is 6.92 Å². The minimum absolute atomic E-state index is 0.0981. The number of para-hydroxylation sites is 1. The van der Waals surface area contributed by atoms with Gasteiger partial charge in [-0.3, -0.25) is 19.7 Å². The van der Waals surface area contributed by atoms with Crippen molar-refractivity contribution < 1.29 is 24.0 Å². The smallest absolute Gasteiger partial charge is 0.282 e. The third-order valence-corrected chi connectivity index (χ3v) is 5.23. The summed E-state index contributed by atoms with van der Waals surface area (Å²) in [6.45, 7) is 3.24. The number of carbonyl (C=O) groups is 2. The van der Waals surface area contributed by atoms with Crippen molar-refractivity contribution in [1.29, 1.82) is 0 Å². The van der Waals surface area contributed by atoms with Gasteiger partial charge in [0.2, 0.25) is 0 Å². The fraction of sp³-hybridized carbons (Fsp3) is 0.304. The highest BCUT2D eigenvalue weighted by Gasteiger charge is 2.42. The van der Waals surface area contributed by atoms with Crippen molar-refractivity contribution in [3.63, 3.8) is 0 Å². The summed E-state index contributed by atoms with van der Waals surface area (Å²) < 4.78 is 10.4. The van der Waals surface area contributed by atoms with Crippen LogP contribution in [0.2, 0.25) is 0 Å². The Balaban J connectivity index is 2.15. The Morgan fingerprint density at radius 1 is 0.938 bits per heavy atom. The van der Waals surface area contributed by atoms with Crippen LogP contribution in [-0.4, -0.2) is 62.2 Å². The van der Waals surface area contributed by atoms with Crippen molar-refractivity contribution in [3.8, 4) is 0 Å². The largest absolute Gasteiger partial charge is 0.383 e. The van der Waals surface area contributed by atoms with Gasteiger partial charge in [0.1, 0.15) is 5.70 Å². The van der Waals surface area contributed by atoms with Crippen LogP contribution in [0.3, 0.4) is 0 Å². The predicted octanol–water partition coefficient (Wildman–Crippen LogP) is 2.78. The zero-order valence-corrected chi connectivity index (χ0v) is 18.2. The molecule has 3 rings (SSSR count). The van der Waals surface area contributed by atoms with E-state index in [9.17, 15) is 19.7 Å². The topological polar surface area (TPSA) is 102 Å². The quantitative estimate of drug-likeness (QED) is 0.319. The number of amides is 2. The molecule has 0 aliphatic carbocycles. The van der Waals surface area contributed by atoms with E-state index in [0.29, 0.717) is 37.6 Å². The molecular weight excluding hydrogens is 414 g/mol. The molecule has 0 saturated heterocycles. The minimum atomic E-state index is -0.510. The summed E-state index contributed by atoms with van der Waals surface area (Å²) in [6.07, 6.45) is 0. The molecule has 2 aromatic rings. The van der Waals surface area contributed by atoms with E-state index >= 15 is 0 Å². The van der Waals surface area contributed by atoms with Gasteiger partial charge in [0.25, 0.3) is 17.5 Å². The normalized spacial score (nSPS) is 13.8. The van der Waals surface area contributed by atoms with Gasteiger partial charge in [0.05, 0.1) is 29.4 Å². The van der Waals surface area contributed by atoms with Crippen LogP contribution < -0.4 is 4.90 Å². The Bertz CT molecular complexity index is 1040. The van der Waals surface area contributed by atoms with Crippen molar-refractivity contribution >= 4 is 28.8 Å². The van der Waals surface area contributed by atoms with Crippen LogP contribution in [-0.2, 0) is 19.1 Å². The lowest BCUT2D eigenvalue weighted by molar-refractivity contribution is -0.384. The molecule has 0 fully saturated rings. The van der Waals surface area contributed by atoms with Gasteiger partial charge < -0.3 is 14.4 Å². The average Bonchev–Trinajstić information content (AvgIpc) is 3.04. The fourth-order valence-corrected chi connectivity index (χ4v) is 3.59. The molecule has 9 heteroatoms. The Morgan fingerprint density at radius 2 is 1.53 bits per heavy atom. The number of rotatable bonds is 10. The highest BCUT2D eigenvalue weighted by Crippen LogP contribution is 2.36. The molecule has 1 aliphatic heterocycles. The van der Waals surface area contributed by atoms with Gasteiger partial charge in [0, 0.05) is 39.4 Å². The summed E-state index contributed by atoms with van der Waals surface area (Å²) in [5, 5.41) is 11.1. The van der Waals surface area contributed by atoms with Crippen molar-refractivity contribution in [3.05, 3.63) is 75.5 Å². The molecule has 168 valence electrons. The second kappa shape index (κ2) is 10.2. The van der Waals surface area contributed by atoms with Gasteiger partial charge in [-0.2, -0.15) is 0 Å². The lowest BCUT2D eigenvalue weighted by Crippen LogP contribution is -2.38. The summed E-state index contributed by atoms with van der Waals surface area (Å²) in [5.41, 5.74) is 2.02. The number of carbonyl (C=O) groups excluding carboxylic acids is 2. The second-order valence-corrected chi connectivity index (χ2v) is 7.23. The SMILES string of the molecule is COCCN(CCOC)C1=C(c2ccc([N+](=O)[O-])cc2)C(=O)N(c2ccccc2C)C1=O. The van der Waals surface area contributed by atoms with Gasteiger partial charge in [0.15, 0.2) is 0 Å². The number of anilines is 1. The zero-order chi connectivity index (χ0) is 23.3. The van der Waals surface area contributed by atoms with Crippen LogP contribution in [0.4, 0.5) is 11.4 Å². The third-order valence-electron chi connectivity index (χ3n) is 5.23. The Labute approximate surface area is 186 Å². The van der Waals surface area contributed by atoms with Gasteiger partial charge in [-0.05, 0) is 36.2 Å². The molecular formula is C23H25N3O6. The molecule has 0 N–H and O–H groups in total. The number of aryl methyl sites for hydroxylation is 1. The fourth-order valence-electron chi connectivity index (χ4n) is 3.59. The summed E-state index contributed by atoms with van der Waals surface area (Å²) in [6, 6.07) is 12.8. The van der Waals surface area contributed by atoms with Gasteiger partial charge in [-0.25, -0.2) is 4.90 Å². The number of benzene rings is 2. The number of nitro benzene ring substituents is 1. The van der Waals surface area contributed by atoms with Gasteiger partial charge in [-0.15, -0.1) is 0 Å². The minimum Gasteiger partial charge on any atom is -0.383 e. The first-order valence-electron chi connectivity index (χ1n) is 10.1. The molecule has 0 saturated carbocycles. The number of imide groups is 1. The lowest BCUT2D eigenvalue weighted by atomic mass is 10.0. The van der Waals surface area contributed by atoms with E-state index in [-0.39, 0.29) is 17.0 Å². The number of non-ortho nitro benzene ring substituents is 1. The molecule has 9 nitrogen and oxygen atoms in total. The summed E-state index contributed by atoms with van der Waals surface area (Å²) in [7, 11) is 3.11. The first-order chi connectivity index (χ1) is 15.4. The maximum atomic E-state index is 13.6. The van der Waals surface area contributed by atoms with Crippen LogP contribution in [0.15, 0.2) is 54.2 Å².